The molecule has 0 bridgehead atoms. The predicted molar refractivity (Wildman–Crippen MR) is 66.7 cm³/mol. The number of hydrogen-bond acceptors (Lipinski definition) is 1. The fraction of sp³-hybridized carbons (Fsp3) is 0.357. The molecular formula is C14H17NO. The van der Waals surface area contributed by atoms with Crippen molar-refractivity contribution >= 4 is 16.7 Å². The van der Waals surface area contributed by atoms with E-state index < -0.39 is 0 Å². The van der Waals surface area contributed by atoms with Crippen LogP contribution in [0.15, 0.2) is 24.4 Å². The van der Waals surface area contributed by atoms with Crippen LogP contribution in [-0.4, -0.2) is 10.4 Å². The molecule has 16 heavy (non-hydrogen) atoms. The van der Waals surface area contributed by atoms with E-state index in [1.165, 1.54) is 16.5 Å². The van der Waals surface area contributed by atoms with E-state index in [2.05, 4.69) is 36.7 Å². The number of aromatic nitrogens is 1. The Bertz CT molecular complexity index is 537. The Labute approximate surface area is 95.9 Å². The molecule has 0 atom stereocenters. The molecule has 0 amide bonds. The zero-order valence-corrected chi connectivity index (χ0v) is 10.1. The Kier molecular flexibility index (Phi) is 2.82. The first-order chi connectivity index (χ1) is 7.63. The molecule has 0 N–H and O–H groups in total. The third kappa shape index (κ3) is 1.75. The second-order valence-corrected chi connectivity index (χ2v) is 4.29. The number of fused-ring (bicyclic) bond motifs is 1. The van der Waals surface area contributed by atoms with E-state index in [1.54, 1.807) is 6.92 Å². The normalized spacial score (nSPS) is 10.9. The second-order valence-electron chi connectivity index (χ2n) is 4.29. The lowest BCUT2D eigenvalue weighted by Crippen LogP contribution is -2.00. The molecule has 0 spiro atoms. The summed E-state index contributed by atoms with van der Waals surface area (Å²) in [6.07, 6.45) is 2.69. The Morgan fingerprint density at radius 1 is 1.38 bits per heavy atom. The lowest BCUT2D eigenvalue weighted by molar-refractivity contribution is -0.116. The molecule has 1 heterocycles. The van der Waals surface area contributed by atoms with E-state index in [9.17, 15) is 4.79 Å². The number of ketones is 1. The van der Waals surface area contributed by atoms with Crippen LogP contribution in [0.1, 0.15) is 25.0 Å². The van der Waals surface area contributed by atoms with Crippen molar-refractivity contribution in [3.8, 4) is 0 Å². The van der Waals surface area contributed by atoms with Crippen LogP contribution in [0.4, 0.5) is 0 Å². The molecule has 0 aliphatic rings. The largest absolute Gasteiger partial charge is 0.347 e. The summed E-state index contributed by atoms with van der Waals surface area (Å²) in [6, 6.07) is 6.21. The maximum absolute atomic E-state index is 11.3. The topological polar surface area (TPSA) is 22.0 Å². The first-order valence-electron chi connectivity index (χ1n) is 5.70. The predicted octanol–water partition coefficient (Wildman–Crippen LogP) is 3.10. The Hall–Kier alpha value is -1.57. The van der Waals surface area contributed by atoms with Gasteiger partial charge in [-0.05, 0) is 31.9 Å². The third-order valence-electron chi connectivity index (χ3n) is 2.96. The highest BCUT2D eigenvalue weighted by Gasteiger charge is 2.09. The van der Waals surface area contributed by atoms with Crippen LogP contribution in [0.5, 0.6) is 0 Å². The summed E-state index contributed by atoms with van der Waals surface area (Å²) >= 11 is 0. The standard InChI is InChI=1S/C14H17NO/c1-4-15-9-10(2)13-7-5-6-12(14(13)15)8-11(3)16/h5-7,9H,4,8H2,1-3H3. The number of carbonyl (C=O) groups is 1. The molecule has 2 nitrogen and oxygen atoms in total. The van der Waals surface area contributed by atoms with Crippen molar-refractivity contribution in [1.82, 2.24) is 4.57 Å². The molecule has 0 fully saturated rings. The minimum atomic E-state index is 0.217. The molecule has 0 radical (unpaired) electrons. The van der Waals surface area contributed by atoms with Gasteiger partial charge < -0.3 is 4.57 Å². The summed E-state index contributed by atoms with van der Waals surface area (Å²) in [5, 5.41) is 1.26. The SMILES string of the molecule is CCn1cc(C)c2cccc(CC(C)=O)c21. The Morgan fingerprint density at radius 2 is 2.12 bits per heavy atom. The second kappa shape index (κ2) is 4.12. The van der Waals surface area contributed by atoms with Gasteiger partial charge in [0.1, 0.15) is 5.78 Å². The summed E-state index contributed by atoms with van der Waals surface area (Å²) in [6.45, 7) is 6.83. The summed E-state index contributed by atoms with van der Waals surface area (Å²) in [7, 11) is 0. The van der Waals surface area contributed by atoms with Crippen molar-refractivity contribution in [1.29, 1.82) is 0 Å². The molecule has 2 heteroatoms. The van der Waals surface area contributed by atoms with Gasteiger partial charge in [0.2, 0.25) is 0 Å². The molecule has 0 aliphatic carbocycles. The fourth-order valence-electron chi connectivity index (χ4n) is 2.28. The maximum Gasteiger partial charge on any atom is 0.134 e. The molecule has 1 aromatic heterocycles. The molecule has 0 saturated carbocycles. The highest BCUT2D eigenvalue weighted by atomic mass is 16.1. The Balaban J connectivity index is 2.69. The van der Waals surface area contributed by atoms with Gasteiger partial charge in [-0.15, -0.1) is 0 Å². The van der Waals surface area contributed by atoms with Gasteiger partial charge in [-0.2, -0.15) is 0 Å². The first-order valence-corrected chi connectivity index (χ1v) is 5.70. The zero-order chi connectivity index (χ0) is 11.7. The lowest BCUT2D eigenvalue weighted by Gasteiger charge is -2.06. The minimum absolute atomic E-state index is 0.217. The number of para-hydroxylation sites is 1. The molecular weight excluding hydrogens is 198 g/mol. The van der Waals surface area contributed by atoms with Crippen LogP contribution in [0.2, 0.25) is 0 Å². The van der Waals surface area contributed by atoms with E-state index in [0.29, 0.717) is 6.42 Å². The van der Waals surface area contributed by atoms with Crippen LogP contribution >= 0.6 is 0 Å². The van der Waals surface area contributed by atoms with E-state index >= 15 is 0 Å². The van der Waals surface area contributed by atoms with Gasteiger partial charge in [-0.1, -0.05) is 18.2 Å². The van der Waals surface area contributed by atoms with Crippen molar-refractivity contribution < 1.29 is 4.79 Å². The minimum Gasteiger partial charge on any atom is -0.347 e. The smallest absolute Gasteiger partial charge is 0.134 e. The molecule has 0 aliphatic heterocycles. The number of carbonyl (C=O) groups excluding carboxylic acids is 1. The zero-order valence-electron chi connectivity index (χ0n) is 10.1. The van der Waals surface area contributed by atoms with E-state index in [4.69, 9.17) is 0 Å². The maximum atomic E-state index is 11.3. The molecule has 0 saturated heterocycles. The van der Waals surface area contributed by atoms with Crippen molar-refractivity contribution in [3.05, 3.63) is 35.5 Å². The summed E-state index contributed by atoms with van der Waals surface area (Å²) in [5.41, 5.74) is 3.64. The summed E-state index contributed by atoms with van der Waals surface area (Å²) in [5.74, 6) is 0.217. The number of aryl methyl sites for hydroxylation is 2. The van der Waals surface area contributed by atoms with Crippen LogP contribution in [0, 0.1) is 6.92 Å². The van der Waals surface area contributed by atoms with Crippen LogP contribution in [0.3, 0.4) is 0 Å². The van der Waals surface area contributed by atoms with Crippen molar-refractivity contribution in [2.75, 3.05) is 0 Å². The van der Waals surface area contributed by atoms with Gasteiger partial charge >= 0.3 is 0 Å². The average molecular weight is 215 g/mol. The highest BCUT2D eigenvalue weighted by Crippen LogP contribution is 2.24. The van der Waals surface area contributed by atoms with Gasteiger partial charge in [-0.3, -0.25) is 4.79 Å². The lowest BCUT2D eigenvalue weighted by atomic mass is 10.1. The summed E-state index contributed by atoms with van der Waals surface area (Å²) < 4.78 is 2.23. The molecule has 0 unspecified atom stereocenters. The average Bonchev–Trinajstić information content (AvgIpc) is 2.56. The number of Topliss-reactive ketones (excluding diaryl/α,β-unsaturated/α-hetero) is 1. The molecule has 1 aromatic carbocycles. The van der Waals surface area contributed by atoms with Crippen LogP contribution in [0.25, 0.3) is 10.9 Å². The van der Waals surface area contributed by atoms with Crippen LogP contribution in [-0.2, 0) is 17.8 Å². The van der Waals surface area contributed by atoms with Gasteiger partial charge in [0.05, 0.1) is 5.52 Å². The van der Waals surface area contributed by atoms with E-state index in [0.717, 1.165) is 12.1 Å². The quantitative estimate of drug-likeness (QED) is 0.771. The number of rotatable bonds is 3. The number of hydrogen-bond donors (Lipinski definition) is 0. The van der Waals surface area contributed by atoms with E-state index in [-0.39, 0.29) is 5.78 Å². The van der Waals surface area contributed by atoms with Gasteiger partial charge in [0.25, 0.3) is 0 Å². The van der Waals surface area contributed by atoms with Crippen molar-refractivity contribution in [3.63, 3.8) is 0 Å². The van der Waals surface area contributed by atoms with Gasteiger partial charge in [0, 0.05) is 24.5 Å². The summed E-state index contributed by atoms with van der Waals surface area (Å²) in [4.78, 5) is 11.3. The van der Waals surface area contributed by atoms with Crippen LogP contribution < -0.4 is 0 Å². The van der Waals surface area contributed by atoms with Crippen molar-refractivity contribution in [2.45, 2.75) is 33.7 Å². The molecule has 2 rings (SSSR count). The molecule has 84 valence electrons. The number of nitrogens with zero attached hydrogens (tertiary/aromatic N) is 1. The highest BCUT2D eigenvalue weighted by molar-refractivity contribution is 5.90. The van der Waals surface area contributed by atoms with Crippen molar-refractivity contribution in [2.24, 2.45) is 0 Å². The third-order valence-corrected chi connectivity index (χ3v) is 2.96. The van der Waals surface area contributed by atoms with Gasteiger partial charge in [0.15, 0.2) is 0 Å². The first kappa shape index (κ1) is 10.9. The molecule has 2 aromatic rings. The van der Waals surface area contributed by atoms with E-state index in [1.807, 2.05) is 6.07 Å². The number of benzene rings is 1. The van der Waals surface area contributed by atoms with Gasteiger partial charge in [-0.25, -0.2) is 0 Å². The fourth-order valence-corrected chi connectivity index (χ4v) is 2.28. The Morgan fingerprint density at radius 3 is 2.75 bits per heavy atom. The monoisotopic (exact) mass is 215 g/mol.